The number of carboxylic acid groups (broad SMARTS) is 1. The van der Waals surface area contributed by atoms with Crippen LogP contribution in [0.1, 0.15) is 30.6 Å². The lowest BCUT2D eigenvalue weighted by molar-refractivity contribution is -0.387. The fourth-order valence-corrected chi connectivity index (χ4v) is 2.62. The highest BCUT2D eigenvalue weighted by Gasteiger charge is 2.21. The van der Waals surface area contributed by atoms with Gasteiger partial charge in [0.25, 0.3) is 5.69 Å². The van der Waals surface area contributed by atoms with E-state index in [9.17, 15) is 14.9 Å². The zero-order valence-electron chi connectivity index (χ0n) is 10.3. The molecule has 0 saturated carbocycles. The van der Waals surface area contributed by atoms with Crippen molar-refractivity contribution in [1.82, 2.24) is 0 Å². The van der Waals surface area contributed by atoms with Crippen molar-refractivity contribution in [2.75, 3.05) is 5.75 Å². The Labute approximate surface area is 109 Å². The van der Waals surface area contributed by atoms with Crippen LogP contribution in [0.3, 0.4) is 0 Å². The summed E-state index contributed by atoms with van der Waals surface area (Å²) in [6, 6.07) is 4.13. The minimum absolute atomic E-state index is 0.00231. The molecular weight excluding hydrogens is 254 g/mol. The van der Waals surface area contributed by atoms with Gasteiger partial charge in [-0.15, -0.1) is 11.8 Å². The quantitative estimate of drug-likeness (QED) is 0.486. The second-order valence-electron chi connectivity index (χ2n) is 4.04. The average molecular weight is 269 g/mol. The third-order valence-electron chi connectivity index (χ3n) is 2.63. The van der Waals surface area contributed by atoms with Gasteiger partial charge < -0.3 is 5.11 Å². The van der Waals surface area contributed by atoms with Crippen molar-refractivity contribution in [3.8, 4) is 0 Å². The van der Waals surface area contributed by atoms with Crippen molar-refractivity contribution >= 4 is 23.4 Å². The molecule has 0 fully saturated rings. The summed E-state index contributed by atoms with van der Waals surface area (Å²) in [5, 5.41) is 20.0. The summed E-state index contributed by atoms with van der Waals surface area (Å²) in [5.41, 5.74) is -0.138. The molecule has 5 nitrogen and oxygen atoms in total. The number of carbonyl (C=O) groups is 1. The van der Waals surface area contributed by atoms with Crippen LogP contribution >= 0.6 is 11.8 Å². The van der Waals surface area contributed by atoms with Crippen LogP contribution in [0.5, 0.6) is 0 Å². The molecule has 1 rings (SSSR count). The van der Waals surface area contributed by atoms with E-state index >= 15 is 0 Å². The fourth-order valence-electron chi connectivity index (χ4n) is 1.33. The first-order chi connectivity index (χ1) is 8.47. The van der Waals surface area contributed by atoms with Gasteiger partial charge in [-0.05, 0) is 12.0 Å². The summed E-state index contributed by atoms with van der Waals surface area (Å²) >= 11 is 1.24. The number of thioether (sulfide) groups is 1. The van der Waals surface area contributed by atoms with Crippen LogP contribution in [0.25, 0.3) is 0 Å². The fraction of sp³-hybridized carbons (Fsp3) is 0.417. The van der Waals surface area contributed by atoms with E-state index in [4.69, 9.17) is 5.11 Å². The van der Waals surface area contributed by atoms with E-state index in [0.29, 0.717) is 11.7 Å². The van der Waals surface area contributed by atoms with Crippen molar-refractivity contribution in [1.29, 1.82) is 0 Å². The highest BCUT2D eigenvalue weighted by atomic mass is 32.2. The van der Waals surface area contributed by atoms with Crippen molar-refractivity contribution in [2.24, 2.45) is 5.92 Å². The number of nitrogens with zero attached hydrogens (tertiary/aromatic N) is 1. The molecule has 1 aromatic carbocycles. The van der Waals surface area contributed by atoms with Gasteiger partial charge in [-0.2, -0.15) is 0 Å². The van der Waals surface area contributed by atoms with Crippen LogP contribution in [0.2, 0.25) is 0 Å². The Kier molecular flexibility index (Phi) is 5.15. The van der Waals surface area contributed by atoms with Crippen LogP contribution in [-0.2, 0) is 0 Å². The highest BCUT2D eigenvalue weighted by Crippen LogP contribution is 2.34. The molecule has 18 heavy (non-hydrogen) atoms. The molecule has 0 amide bonds. The summed E-state index contributed by atoms with van der Waals surface area (Å²) in [5.74, 6) is -0.0800. The maximum Gasteiger partial charge on any atom is 0.337 e. The smallest absolute Gasteiger partial charge is 0.337 e. The van der Waals surface area contributed by atoms with Gasteiger partial charge in [0, 0.05) is 11.8 Å². The predicted molar refractivity (Wildman–Crippen MR) is 70.2 cm³/mol. The second-order valence-corrected chi connectivity index (χ2v) is 5.07. The van der Waals surface area contributed by atoms with Gasteiger partial charge in [-0.1, -0.05) is 26.3 Å². The van der Waals surface area contributed by atoms with Gasteiger partial charge in [0.2, 0.25) is 0 Å². The predicted octanol–water partition coefficient (Wildman–Crippen LogP) is 3.43. The van der Waals surface area contributed by atoms with Gasteiger partial charge in [-0.3, -0.25) is 10.1 Å². The number of hydrogen-bond acceptors (Lipinski definition) is 4. The SMILES string of the molecule is CCC(C)CSc1c(C(=O)O)cccc1[N+](=O)[O-]. The molecule has 0 aliphatic heterocycles. The van der Waals surface area contributed by atoms with Gasteiger partial charge in [0.05, 0.1) is 15.4 Å². The lowest BCUT2D eigenvalue weighted by Gasteiger charge is -2.10. The Morgan fingerprint density at radius 2 is 2.22 bits per heavy atom. The second kappa shape index (κ2) is 6.39. The van der Waals surface area contributed by atoms with Crippen LogP contribution < -0.4 is 0 Å². The molecule has 98 valence electrons. The summed E-state index contributed by atoms with van der Waals surface area (Å²) < 4.78 is 0. The van der Waals surface area contributed by atoms with Gasteiger partial charge >= 0.3 is 5.97 Å². The Balaban J connectivity index is 3.11. The van der Waals surface area contributed by atoms with E-state index in [1.807, 2.05) is 13.8 Å². The maximum atomic E-state index is 11.1. The maximum absolute atomic E-state index is 11.1. The van der Waals surface area contributed by atoms with E-state index in [0.717, 1.165) is 6.42 Å². The van der Waals surface area contributed by atoms with E-state index in [1.165, 1.54) is 30.0 Å². The van der Waals surface area contributed by atoms with Crippen LogP contribution in [0.15, 0.2) is 23.1 Å². The zero-order valence-corrected chi connectivity index (χ0v) is 11.1. The molecule has 0 bridgehead atoms. The van der Waals surface area contributed by atoms with E-state index in [-0.39, 0.29) is 16.1 Å². The number of aromatic carboxylic acids is 1. The zero-order chi connectivity index (χ0) is 13.7. The molecule has 0 aliphatic carbocycles. The molecule has 1 N–H and O–H groups in total. The topological polar surface area (TPSA) is 80.4 Å². The Bertz CT molecular complexity index is 429. The molecule has 6 heteroatoms. The minimum atomic E-state index is -1.13. The largest absolute Gasteiger partial charge is 0.478 e. The normalized spacial score (nSPS) is 12.1. The van der Waals surface area contributed by atoms with Crippen molar-refractivity contribution < 1.29 is 14.8 Å². The lowest BCUT2D eigenvalue weighted by Crippen LogP contribution is -2.04. The molecule has 1 unspecified atom stereocenters. The Morgan fingerprint density at radius 3 is 2.72 bits per heavy atom. The molecule has 0 radical (unpaired) electrons. The third kappa shape index (κ3) is 3.46. The first kappa shape index (κ1) is 14.5. The number of nitro benzene ring substituents is 1. The standard InChI is InChI=1S/C12H15NO4S/c1-3-8(2)7-18-11-9(12(14)15)5-4-6-10(11)13(16)17/h4-6,8H,3,7H2,1-2H3,(H,14,15). The molecule has 1 aromatic rings. The molecule has 0 spiro atoms. The van der Waals surface area contributed by atoms with Gasteiger partial charge in [0.15, 0.2) is 0 Å². The highest BCUT2D eigenvalue weighted by molar-refractivity contribution is 7.99. The average Bonchev–Trinajstić information content (AvgIpc) is 2.34. The number of hydrogen-bond donors (Lipinski definition) is 1. The molecule has 0 aliphatic rings. The van der Waals surface area contributed by atoms with Crippen LogP contribution in [0, 0.1) is 16.0 Å². The number of benzene rings is 1. The Morgan fingerprint density at radius 1 is 1.56 bits per heavy atom. The molecule has 0 saturated heterocycles. The summed E-state index contributed by atoms with van der Waals surface area (Å²) in [7, 11) is 0. The van der Waals surface area contributed by atoms with Crippen LogP contribution in [0.4, 0.5) is 5.69 Å². The van der Waals surface area contributed by atoms with E-state index in [1.54, 1.807) is 0 Å². The Hall–Kier alpha value is -1.56. The van der Waals surface area contributed by atoms with Gasteiger partial charge in [0.1, 0.15) is 0 Å². The summed E-state index contributed by atoms with van der Waals surface area (Å²) in [6.45, 7) is 4.06. The lowest BCUT2D eigenvalue weighted by atomic mass is 10.2. The van der Waals surface area contributed by atoms with Gasteiger partial charge in [-0.25, -0.2) is 4.79 Å². The molecule has 0 aromatic heterocycles. The van der Waals surface area contributed by atoms with Crippen molar-refractivity contribution in [3.05, 3.63) is 33.9 Å². The summed E-state index contributed by atoms with van der Waals surface area (Å²) in [4.78, 5) is 21.7. The third-order valence-corrected chi connectivity index (χ3v) is 4.08. The minimum Gasteiger partial charge on any atom is -0.478 e. The number of nitro groups is 1. The van der Waals surface area contributed by atoms with E-state index in [2.05, 4.69) is 0 Å². The molecule has 1 atom stereocenters. The summed E-state index contributed by atoms with van der Waals surface area (Å²) in [6.07, 6.45) is 0.954. The molecule has 0 heterocycles. The number of rotatable bonds is 6. The van der Waals surface area contributed by atoms with E-state index < -0.39 is 10.9 Å². The van der Waals surface area contributed by atoms with Crippen LogP contribution in [-0.4, -0.2) is 21.8 Å². The monoisotopic (exact) mass is 269 g/mol. The first-order valence-electron chi connectivity index (χ1n) is 5.60. The van der Waals surface area contributed by atoms with Crippen molar-refractivity contribution in [2.45, 2.75) is 25.2 Å². The first-order valence-corrected chi connectivity index (χ1v) is 6.59. The number of carboxylic acids is 1. The molecular formula is C12H15NO4S. The van der Waals surface area contributed by atoms with Crippen molar-refractivity contribution in [3.63, 3.8) is 0 Å².